The van der Waals surface area contributed by atoms with Crippen molar-refractivity contribution in [3.05, 3.63) is 22.5 Å². The summed E-state index contributed by atoms with van der Waals surface area (Å²) >= 11 is 5.50. The molecule has 3 nitrogen and oxygen atoms in total. The molecule has 1 rings (SSSR count). The molecule has 6 heteroatoms. The van der Waals surface area contributed by atoms with E-state index >= 15 is 0 Å². The number of alkyl halides is 2. The Balaban J connectivity index is 3.31. The summed E-state index contributed by atoms with van der Waals surface area (Å²) < 4.78 is 29.6. The monoisotopic (exact) mass is 223 g/mol. The highest BCUT2D eigenvalue weighted by Crippen LogP contribution is 2.30. The van der Waals surface area contributed by atoms with Crippen LogP contribution in [0.1, 0.15) is 17.7 Å². The Hall–Kier alpha value is -0.940. The fraction of sp³-hybridized carbons (Fsp3) is 0.375. The average molecular weight is 224 g/mol. The lowest BCUT2D eigenvalue weighted by Gasteiger charge is -2.10. The van der Waals surface area contributed by atoms with Crippen molar-refractivity contribution in [2.24, 2.45) is 0 Å². The normalized spacial score (nSPS) is 10.7. The zero-order chi connectivity index (χ0) is 10.7. The molecular weight excluding hydrogens is 216 g/mol. The maximum atomic E-state index is 12.4. The van der Waals surface area contributed by atoms with E-state index in [1.54, 1.807) is 0 Å². The molecule has 0 saturated heterocycles. The first-order valence-corrected chi connectivity index (χ1v) is 4.10. The molecule has 0 radical (unpaired) electrons. The van der Waals surface area contributed by atoms with Crippen LogP contribution in [0.4, 0.5) is 8.78 Å². The van der Waals surface area contributed by atoms with Gasteiger partial charge in [-0.05, 0) is 0 Å². The van der Waals surface area contributed by atoms with Crippen molar-refractivity contribution in [1.82, 2.24) is 4.98 Å². The molecule has 14 heavy (non-hydrogen) atoms. The van der Waals surface area contributed by atoms with Crippen LogP contribution in [0.5, 0.6) is 5.75 Å². The number of pyridine rings is 1. The number of rotatable bonds is 3. The first-order chi connectivity index (χ1) is 6.60. The molecule has 1 N–H and O–H groups in total. The number of aliphatic hydroxyl groups excluding tert-OH is 1. The van der Waals surface area contributed by atoms with Gasteiger partial charge >= 0.3 is 0 Å². The van der Waals surface area contributed by atoms with Gasteiger partial charge in [0.15, 0.2) is 0 Å². The summed E-state index contributed by atoms with van der Waals surface area (Å²) in [5, 5.41) is 8.79. The number of methoxy groups -OCH3 is 1. The van der Waals surface area contributed by atoms with Crippen LogP contribution >= 0.6 is 11.6 Å². The van der Waals surface area contributed by atoms with E-state index in [1.807, 2.05) is 0 Å². The lowest BCUT2D eigenvalue weighted by Crippen LogP contribution is -2.02. The molecule has 0 aliphatic heterocycles. The van der Waals surface area contributed by atoms with Crippen LogP contribution < -0.4 is 4.74 Å². The van der Waals surface area contributed by atoms with E-state index in [-0.39, 0.29) is 16.5 Å². The van der Waals surface area contributed by atoms with Crippen LogP contribution in [0.25, 0.3) is 0 Å². The SMILES string of the molecule is COc1cc(Cl)nc(C(F)F)c1CO. The molecule has 1 heterocycles. The molecule has 0 aliphatic carbocycles. The zero-order valence-electron chi connectivity index (χ0n) is 7.30. The van der Waals surface area contributed by atoms with Crippen LogP contribution in [0.2, 0.25) is 5.15 Å². The highest BCUT2D eigenvalue weighted by atomic mass is 35.5. The molecule has 0 amide bonds. The van der Waals surface area contributed by atoms with E-state index < -0.39 is 18.7 Å². The Morgan fingerprint density at radius 2 is 2.29 bits per heavy atom. The van der Waals surface area contributed by atoms with Gasteiger partial charge in [-0.1, -0.05) is 11.6 Å². The largest absolute Gasteiger partial charge is 0.496 e. The van der Waals surface area contributed by atoms with Crippen molar-refractivity contribution in [1.29, 1.82) is 0 Å². The molecule has 0 aromatic carbocycles. The lowest BCUT2D eigenvalue weighted by atomic mass is 10.2. The Bertz CT molecular complexity index is 333. The second-order valence-corrected chi connectivity index (χ2v) is 2.86. The summed E-state index contributed by atoms with van der Waals surface area (Å²) in [6.07, 6.45) is -2.79. The average Bonchev–Trinajstić information content (AvgIpc) is 2.16. The fourth-order valence-corrected chi connectivity index (χ4v) is 1.25. The van der Waals surface area contributed by atoms with Gasteiger partial charge in [-0.3, -0.25) is 0 Å². The van der Waals surface area contributed by atoms with Crippen molar-refractivity contribution >= 4 is 11.6 Å². The van der Waals surface area contributed by atoms with Crippen LogP contribution in [0, 0.1) is 0 Å². The highest BCUT2D eigenvalue weighted by molar-refractivity contribution is 6.29. The van der Waals surface area contributed by atoms with Gasteiger partial charge in [0.1, 0.15) is 16.6 Å². The maximum Gasteiger partial charge on any atom is 0.280 e. The summed E-state index contributed by atoms with van der Waals surface area (Å²) in [5.41, 5.74) is -0.580. The van der Waals surface area contributed by atoms with Gasteiger partial charge < -0.3 is 9.84 Å². The van der Waals surface area contributed by atoms with Gasteiger partial charge in [-0.2, -0.15) is 0 Å². The van der Waals surface area contributed by atoms with Gasteiger partial charge in [-0.15, -0.1) is 0 Å². The van der Waals surface area contributed by atoms with E-state index in [1.165, 1.54) is 13.2 Å². The minimum atomic E-state index is -2.79. The first kappa shape index (κ1) is 11.1. The Morgan fingerprint density at radius 3 is 2.71 bits per heavy atom. The number of ether oxygens (including phenoxy) is 1. The predicted molar refractivity (Wildman–Crippen MR) is 46.7 cm³/mol. The third kappa shape index (κ3) is 2.10. The van der Waals surface area contributed by atoms with Crippen molar-refractivity contribution in [2.45, 2.75) is 13.0 Å². The van der Waals surface area contributed by atoms with E-state index in [4.69, 9.17) is 21.4 Å². The second kappa shape index (κ2) is 4.52. The zero-order valence-corrected chi connectivity index (χ0v) is 8.05. The predicted octanol–water partition coefficient (Wildman–Crippen LogP) is 2.17. The molecule has 1 aromatic heterocycles. The molecule has 0 atom stereocenters. The van der Waals surface area contributed by atoms with Crippen molar-refractivity contribution < 1.29 is 18.6 Å². The van der Waals surface area contributed by atoms with E-state index in [9.17, 15) is 8.78 Å². The van der Waals surface area contributed by atoms with Gasteiger partial charge in [0.05, 0.1) is 13.7 Å². The van der Waals surface area contributed by atoms with Gasteiger partial charge in [0, 0.05) is 11.6 Å². The number of halogens is 3. The standard InChI is InChI=1S/C8H8ClF2NO2/c1-14-5-2-6(9)12-7(8(10)11)4(5)3-13/h2,8,13H,3H2,1H3. The minimum Gasteiger partial charge on any atom is -0.496 e. The van der Waals surface area contributed by atoms with Crippen LogP contribution in [0.3, 0.4) is 0 Å². The molecule has 1 aromatic rings. The quantitative estimate of drug-likeness (QED) is 0.799. The van der Waals surface area contributed by atoms with Gasteiger partial charge in [0.25, 0.3) is 6.43 Å². The molecule has 0 bridgehead atoms. The Morgan fingerprint density at radius 1 is 1.64 bits per heavy atom. The molecule has 0 unspecified atom stereocenters. The highest BCUT2D eigenvalue weighted by Gasteiger charge is 2.19. The van der Waals surface area contributed by atoms with Crippen LogP contribution in [0.15, 0.2) is 6.07 Å². The molecule has 0 fully saturated rings. The number of hydrogen-bond acceptors (Lipinski definition) is 3. The topological polar surface area (TPSA) is 42.4 Å². The second-order valence-electron chi connectivity index (χ2n) is 2.47. The molecular formula is C8H8ClF2NO2. The summed E-state index contributed by atoms with van der Waals surface area (Å²) in [6.45, 7) is -0.562. The molecule has 0 spiro atoms. The van der Waals surface area contributed by atoms with Crippen LogP contribution in [-0.2, 0) is 6.61 Å². The smallest absolute Gasteiger partial charge is 0.280 e. The fourth-order valence-electron chi connectivity index (χ4n) is 1.06. The number of aromatic nitrogens is 1. The third-order valence-electron chi connectivity index (χ3n) is 1.67. The van der Waals surface area contributed by atoms with Crippen molar-refractivity contribution in [2.75, 3.05) is 7.11 Å². The minimum absolute atomic E-state index is 0.0353. The third-order valence-corrected chi connectivity index (χ3v) is 1.86. The van der Waals surface area contributed by atoms with Crippen molar-refractivity contribution in [3.8, 4) is 5.75 Å². The summed E-state index contributed by atoms with van der Waals surface area (Å²) in [7, 11) is 1.31. The summed E-state index contributed by atoms with van der Waals surface area (Å²) in [4.78, 5) is 3.43. The van der Waals surface area contributed by atoms with Gasteiger partial charge in [-0.25, -0.2) is 13.8 Å². The lowest BCUT2D eigenvalue weighted by molar-refractivity contribution is 0.140. The Labute approximate surface area is 84.3 Å². The summed E-state index contributed by atoms with van der Waals surface area (Å²) in [6, 6.07) is 1.28. The van der Waals surface area contributed by atoms with Crippen LogP contribution in [-0.4, -0.2) is 17.2 Å². The van der Waals surface area contributed by atoms with Crippen molar-refractivity contribution in [3.63, 3.8) is 0 Å². The molecule has 0 saturated carbocycles. The van der Waals surface area contributed by atoms with Gasteiger partial charge in [0.2, 0.25) is 0 Å². The molecule has 78 valence electrons. The van der Waals surface area contributed by atoms with E-state index in [0.717, 1.165) is 0 Å². The number of aliphatic hydroxyl groups is 1. The van der Waals surface area contributed by atoms with E-state index in [0.29, 0.717) is 0 Å². The number of hydrogen-bond donors (Lipinski definition) is 1. The first-order valence-electron chi connectivity index (χ1n) is 3.72. The maximum absolute atomic E-state index is 12.4. The summed E-state index contributed by atoms with van der Waals surface area (Å²) in [5.74, 6) is 0.114. The van der Waals surface area contributed by atoms with E-state index in [2.05, 4.69) is 4.98 Å². The number of nitrogens with zero attached hydrogens (tertiary/aromatic N) is 1. The molecule has 0 aliphatic rings. The Kier molecular flexibility index (Phi) is 3.60.